The van der Waals surface area contributed by atoms with Gasteiger partial charge in [0.25, 0.3) is 0 Å². The molecular formula is C24H32N4O3. The maximum absolute atomic E-state index is 12.8. The van der Waals surface area contributed by atoms with Crippen molar-refractivity contribution in [2.45, 2.75) is 13.1 Å². The Kier molecular flexibility index (Phi) is 7.27. The summed E-state index contributed by atoms with van der Waals surface area (Å²) in [6, 6.07) is 16.5. The summed E-state index contributed by atoms with van der Waals surface area (Å²) in [5.74, 6) is 0.857. The SMILES string of the molecule is COc1ccc(N2CCN(C(=O)NCc3ccccc3CN3CCOCC3)CC2)cc1. The first-order valence-electron chi connectivity index (χ1n) is 11.0. The van der Waals surface area contributed by atoms with Crippen molar-refractivity contribution in [1.82, 2.24) is 15.1 Å². The molecule has 2 amide bonds. The number of ether oxygens (including phenoxy) is 2. The first-order valence-corrected chi connectivity index (χ1v) is 11.0. The lowest BCUT2D eigenvalue weighted by Crippen LogP contribution is -2.51. The molecule has 0 spiro atoms. The molecule has 2 aromatic carbocycles. The van der Waals surface area contributed by atoms with Gasteiger partial charge in [0, 0.05) is 58.0 Å². The number of carbonyl (C=O) groups is 1. The van der Waals surface area contributed by atoms with Crippen LogP contribution in [-0.2, 0) is 17.8 Å². The number of hydrogen-bond donors (Lipinski definition) is 1. The van der Waals surface area contributed by atoms with Gasteiger partial charge in [-0.3, -0.25) is 4.90 Å². The number of nitrogens with zero attached hydrogens (tertiary/aromatic N) is 3. The number of rotatable bonds is 6. The number of amides is 2. The van der Waals surface area contributed by atoms with Crippen molar-refractivity contribution in [3.05, 3.63) is 59.7 Å². The van der Waals surface area contributed by atoms with E-state index in [9.17, 15) is 4.79 Å². The van der Waals surface area contributed by atoms with Crippen LogP contribution in [0.2, 0.25) is 0 Å². The van der Waals surface area contributed by atoms with Gasteiger partial charge in [-0.05, 0) is 35.4 Å². The molecule has 2 aliphatic rings. The minimum absolute atomic E-state index is 0.00977. The topological polar surface area (TPSA) is 57.3 Å². The Bertz CT molecular complexity index is 844. The van der Waals surface area contributed by atoms with Gasteiger partial charge in [0.05, 0.1) is 20.3 Å². The summed E-state index contributed by atoms with van der Waals surface area (Å²) in [4.78, 5) is 19.4. The van der Waals surface area contributed by atoms with Crippen molar-refractivity contribution in [3.63, 3.8) is 0 Å². The molecule has 7 nitrogen and oxygen atoms in total. The molecule has 0 unspecified atom stereocenters. The third-order valence-electron chi connectivity index (χ3n) is 6.05. The Morgan fingerprint density at radius 1 is 0.935 bits per heavy atom. The predicted molar refractivity (Wildman–Crippen MR) is 122 cm³/mol. The Labute approximate surface area is 184 Å². The molecule has 0 atom stereocenters. The molecule has 7 heteroatoms. The van der Waals surface area contributed by atoms with Crippen molar-refractivity contribution in [2.24, 2.45) is 0 Å². The first kappa shape index (κ1) is 21.5. The van der Waals surface area contributed by atoms with Gasteiger partial charge >= 0.3 is 6.03 Å². The first-order chi connectivity index (χ1) is 15.2. The second-order valence-electron chi connectivity index (χ2n) is 7.99. The van der Waals surface area contributed by atoms with E-state index < -0.39 is 0 Å². The van der Waals surface area contributed by atoms with Crippen LogP contribution in [0.3, 0.4) is 0 Å². The molecule has 2 heterocycles. The van der Waals surface area contributed by atoms with E-state index in [2.05, 4.69) is 45.4 Å². The van der Waals surface area contributed by atoms with Crippen molar-refractivity contribution in [3.8, 4) is 5.75 Å². The van der Waals surface area contributed by atoms with Crippen LogP contribution in [0.5, 0.6) is 5.75 Å². The minimum Gasteiger partial charge on any atom is -0.497 e. The van der Waals surface area contributed by atoms with Gasteiger partial charge in [-0.1, -0.05) is 24.3 Å². The quantitative estimate of drug-likeness (QED) is 0.773. The second-order valence-corrected chi connectivity index (χ2v) is 7.99. The molecule has 2 fully saturated rings. The summed E-state index contributed by atoms with van der Waals surface area (Å²) in [6.07, 6.45) is 0. The Morgan fingerprint density at radius 3 is 2.29 bits per heavy atom. The maximum Gasteiger partial charge on any atom is 0.317 e. The molecule has 2 aromatic rings. The zero-order chi connectivity index (χ0) is 21.5. The highest BCUT2D eigenvalue weighted by molar-refractivity contribution is 5.74. The lowest BCUT2D eigenvalue weighted by Gasteiger charge is -2.36. The monoisotopic (exact) mass is 424 g/mol. The van der Waals surface area contributed by atoms with Crippen LogP contribution in [0.25, 0.3) is 0 Å². The molecule has 0 radical (unpaired) electrons. The number of hydrogen-bond acceptors (Lipinski definition) is 5. The van der Waals surface area contributed by atoms with Crippen LogP contribution in [-0.4, -0.2) is 75.4 Å². The van der Waals surface area contributed by atoms with E-state index >= 15 is 0 Å². The zero-order valence-electron chi connectivity index (χ0n) is 18.3. The fraction of sp³-hybridized carbons (Fsp3) is 0.458. The molecule has 1 N–H and O–H groups in total. The largest absolute Gasteiger partial charge is 0.497 e. The van der Waals surface area contributed by atoms with Crippen LogP contribution in [0, 0.1) is 0 Å². The highest BCUT2D eigenvalue weighted by Gasteiger charge is 2.21. The van der Waals surface area contributed by atoms with E-state index in [0.29, 0.717) is 19.6 Å². The number of carbonyl (C=O) groups excluding carboxylic acids is 1. The highest BCUT2D eigenvalue weighted by atomic mass is 16.5. The molecule has 0 aliphatic carbocycles. The Morgan fingerprint density at radius 2 is 1.61 bits per heavy atom. The van der Waals surface area contributed by atoms with Crippen molar-refractivity contribution < 1.29 is 14.3 Å². The molecule has 0 bridgehead atoms. The summed E-state index contributed by atoms with van der Waals surface area (Å²) >= 11 is 0. The standard InChI is InChI=1S/C24H32N4O3/c1-30-23-8-6-22(7-9-23)27-10-12-28(13-11-27)24(29)25-18-20-4-2-3-5-21(20)19-26-14-16-31-17-15-26/h2-9H,10-19H2,1H3,(H,25,29). The van der Waals surface area contributed by atoms with Gasteiger partial charge in [0.15, 0.2) is 0 Å². The molecule has 31 heavy (non-hydrogen) atoms. The normalized spacial score (nSPS) is 17.5. The highest BCUT2D eigenvalue weighted by Crippen LogP contribution is 2.20. The molecule has 2 saturated heterocycles. The molecule has 166 valence electrons. The number of piperazine rings is 1. The minimum atomic E-state index is 0.00977. The fourth-order valence-electron chi connectivity index (χ4n) is 4.13. The third kappa shape index (κ3) is 5.68. The lowest BCUT2D eigenvalue weighted by atomic mass is 10.1. The summed E-state index contributed by atoms with van der Waals surface area (Å²) < 4.78 is 10.7. The smallest absolute Gasteiger partial charge is 0.317 e. The number of anilines is 1. The molecule has 0 aromatic heterocycles. The van der Waals surface area contributed by atoms with E-state index in [4.69, 9.17) is 9.47 Å². The van der Waals surface area contributed by atoms with Crippen LogP contribution >= 0.6 is 0 Å². The van der Waals surface area contributed by atoms with Crippen LogP contribution in [0.4, 0.5) is 10.5 Å². The second kappa shape index (κ2) is 10.5. The summed E-state index contributed by atoms with van der Waals surface area (Å²) in [6.45, 7) is 8.04. The maximum atomic E-state index is 12.8. The predicted octanol–water partition coefficient (Wildman–Crippen LogP) is 2.56. The number of nitrogens with one attached hydrogen (secondary N) is 1. The van der Waals surface area contributed by atoms with Crippen LogP contribution < -0.4 is 15.0 Å². The van der Waals surface area contributed by atoms with Gasteiger partial charge in [-0.2, -0.15) is 0 Å². The Balaban J connectivity index is 1.27. The van der Waals surface area contributed by atoms with E-state index in [1.807, 2.05) is 23.1 Å². The van der Waals surface area contributed by atoms with Gasteiger partial charge in [-0.25, -0.2) is 4.79 Å². The van der Waals surface area contributed by atoms with Gasteiger partial charge < -0.3 is 24.6 Å². The van der Waals surface area contributed by atoms with E-state index in [0.717, 1.165) is 57.4 Å². The lowest BCUT2D eigenvalue weighted by molar-refractivity contribution is 0.0341. The number of benzene rings is 2. The molecule has 4 rings (SSSR count). The van der Waals surface area contributed by atoms with Crippen molar-refractivity contribution >= 4 is 11.7 Å². The van der Waals surface area contributed by atoms with E-state index in [-0.39, 0.29) is 6.03 Å². The summed E-state index contributed by atoms with van der Waals surface area (Å²) in [5, 5.41) is 3.12. The van der Waals surface area contributed by atoms with E-state index in [1.165, 1.54) is 11.1 Å². The number of morpholine rings is 1. The molecular weight excluding hydrogens is 392 g/mol. The van der Waals surface area contributed by atoms with Gasteiger partial charge in [0.1, 0.15) is 5.75 Å². The van der Waals surface area contributed by atoms with Crippen LogP contribution in [0.15, 0.2) is 48.5 Å². The average molecular weight is 425 g/mol. The zero-order valence-corrected chi connectivity index (χ0v) is 18.3. The average Bonchev–Trinajstić information content (AvgIpc) is 2.84. The Hall–Kier alpha value is -2.77. The third-order valence-corrected chi connectivity index (χ3v) is 6.05. The number of urea groups is 1. The van der Waals surface area contributed by atoms with E-state index in [1.54, 1.807) is 7.11 Å². The van der Waals surface area contributed by atoms with Gasteiger partial charge in [-0.15, -0.1) is 0 Å². The summed E-state index contributed by atoms with van der Waals surface area (Å²) in [7, 11) is 1.67. The summed E-state index contributed by atoms with van der Waals surface area (Å²) in [5.41, 5.74) is 3.62. The number of methoxy groups -OCH3 is 1. The fourth-order valence-corrected chi connectivity index (χ4v) is 4.13. The molecule has 0 saturated carbocycles. The van der Waals surface area contributed by atoms with Crippen molar-refractivity contribution in [1.29, 1.82) is 0 Å². The molecule has 2 aliphatic heterocycles. The van der Waals surface area contributed by atoms with Crippen molar-refractivity contribution in [2.75, 3.05) is 64.5 Å². The van der Waals surface area contributed by atoms with Gasteiger partial charge in [0.2, 0.25) is 0 Å². The van der Waals surface area contributed by atoms with Crippen LogP contribution in [0.1, 0.15) is 11.1 Å².